The van der Waals surface area contributed by atoms with Crippen LogP contribution in [0.5, 0.6) is 0 Å². The molecule has 0 aliphatic rings. The molecule has 1 heterocycles. The first-order valence-corrected chi connectivity index (χ1v) is 14.9. The van der Waals surface area contributed by atoms with Crippen molar-refractivity contribution in [1.82, 2.24) is 26.1 Å². The number of ether oxygens (including phenoxy) is 1. The molecule has 0 aliphatic carbocycles. The molecule has 4 rings (SSSR count). The maximum atomic E-state index is 13.9. The van der Waals surface area contributed by atoms with E-state index in [2.05, 4.69) is 26.1 Å². The summed E-state index contributed by atoms with van der Waals surface area (Å²) in [4.78, 5) is 43.8. The van der Waals surface area contributed by atoms with Crippen LogP contribution in [0.25, 0.3) is 10.8 Å². The van der Waals surface area contributed by atoms with E-state index < -0.39 is 41.1 Å². The predicted molar refractivity (Wildman–Crippen MR) is 172 cm³/mol. The number of carbonyl (C=O) groups excluding carboxylic acids is 3. The van der Waals surface area contributed by atoms with Crippen LogP contribution in [0.15, 0.2) is 89.5 Å². The van der Waals surface area contributed by atoms with Crippen LogP contribution in [-0.4, -0.2) is 45.2 Å². The molecule has 3 aromatic carbocycles. The third kappa shape index (κ3) is 10.3. The van der Waals surface area contributed by atoms with Gasteiger partial charge in [-0.25, -0.2) is 4.79 Å². The normalized spacial score (nSPS) is 13.3. The van der Waals surface area contributed by atoms with Gasteiger partial charge in [0, 0.05) is 18.9 Å². The molecule has 0 spiro atoms. The molecule has 1 aromatic heterocycles. The molecule has 3 amide bonds. The van der Waals surface area contributed by atoms with Crippen molar-refractivity contribution >= 4 is 28.7 Å². The summed E-state index contributed by atoms with van der Waals surface area (Å²) in [7, 11) is 0. The summed E-state index contributed by atoms with van der Waals surface area (Å²) in [5.74, 6) is -0.183. The first-order valence-electron chi connectivity index (χ1n) is 14.9. The summed E-state index contributed by atoms with van der Waals surface area (Å²) < 4.78 is 10.8. The van der Waals surface area contributed by atoms with Crippen molar-refractivity contribution in [1.29, 1.82) is 0 Å². The zero-order valence-electron chi connectivity index (χ0n) is 26.6. The molecule has 4 aromatic rings. The Morgan fingerprint density at radius 2 is 1.56 bits per heavy atom. The molecular formula is C35H41N5O5. The van der Waals surface area contributed by atoms with Crippen LogP contribution >= 0.6 is 0 Å². The fourth-order valence-electron chi connectivity index (χ4n) is 4.70. The van der Waals surface area contributed by atoms with E-state index in [4.69, 9.17) is 9.26 Å². The van der Waals surface area contributed by atoms with Gasteiger partial charge in [0.05, 0.1) is 5.54 Å². The minimum Gasteiger partial charge on any atom is -0.444 e. The molecule has 45 heavy (non-hydrogen) atoms. The number of amides is 3. The van der Waals surface area contributed by atoms with Crippen LogP contribution in [0, 0.1) is 6.92 Å². The molecule has 10 nitrogen and oxygen atoms in total. The summed E-state index contributed by atoms with van der Waals surface area (Å²) in [6.45, 7) is 10.5. The Hall–Kier alpha value is -4.99. The first-order chi connectivity index (χ1) is 21.3. The standard InChI is InChI=1S/C35H41N5O5/c1-23-36-32(45-40-23)29(21-24-12-8-7-9-13-24)38-31(42)28(22-25-16-17-26-14-10-11-15-27(26)20-25)37-30(41)18-19-35(5,6)39-33(43)44-34(2,3)4/h7-20,28-29H,21-22H2,1-6H3,(H,37,41)(H,38,42)(H,39,43)/b19-18+. The average Bonchev–Trinajstić information content (AvgIpc) is 3.40. The van der Waals surface area contributed by atoms with Crippen LogP contribution in [0.4, 0.5) is 4.79 Å². The van der Waals surface area contributed by atoms with Gasteiger partial charge in [-0.05, 0) is 63.4 Å². The number of nitrogens with zero attached hydrogens (tertiary/aromatic N) is 2. The second-order valence-electron chi connectivity index (χ2n) is 12.6. The average molecular weight is 612 g/mol. The monoisotopic (exact) mass is 611 g/mol. The van der Waals surface area contributed by atoms with E-state index in [0.717, 1.165) is 21.9 Å². The van der Waals surface area contributed by atoms with Crippen molar-refractivity contribution in [2.45, 2.75) is 77.6 Å². The molecule has 0 bridgehead atoms. The lowest BCUT2D eigenvalue weighted by Crippen LogP contribution is -2.49. The summed E-state index contributed by atoms with van der Waals surface area (Å²) in [5.41, 5.74) is 0.282. The number of alkyl carbamates (subject to hydrolysis) is 1. The van der Waals surface area contributed by atoms with Crippen molar-refractivity contribution in [2.75, 3.05) is 0 Å². The topological polar surface area (TPSA) is 135 Å². The van der Waals surface area contributed by atoms with Crippen LogP contribution < -0.4 is 16.0 Å². The Kier molecular flexibility index (Phi) is 10.4. The minimum absolute atomic E-state index is 0.233. The van der Waals surface area contributed by atoms with E-state index in [1.165, 1.54) is 6.08 Å². The fraction of sp³-hybridized carbons (Fsp3) is 0.343. The van der Waals surface area contributed by atoms with E-state index >= 15 is 0 Å². The van der Waals surface area contributed by atoms with Gasteiger partial charge in [-0.1, -0.05) is 84.0 Å². The summed E-state index contributed by atoms with van der Waals surface area (Å²) >= 11 is 0. The minimum atomic E-state index is -0.937. The van der Waals surface area contributed by atoms with Gasteiger partial charge in [-0.15, -0.1) is 0 Å². The largest absolute Gasteiger partial charge is 0.444 e. The van der Waals surface area contributed by atoms with E-state index in [0.29, 0.717) is 12.2 Å². The molecule has 2 atom stereocenters. The van der Waals surface area contributed by atoms with Crippen molar-refractivity contribution in [3.63, 3.8) is 0 Å². The lowest BCUT2D eigenvalue weighted by Gasteiger charge is -2.26. The molecule has 3 N–H and O–H groups in total. The van der Waals surface area contributed by atoms with E-state index in [1.54, 1.807) is 47.6 Å². The van der Waals surface area contributed by atoms with Crippen molar-refractivity contribution < 1.29 is 23.6 Å². The first kappa shape index (κ1) is 32.9. The number of carbonyl (C=O) groups is 3. The molecule has 0 aliphatic heterocycles. The van der Waals surface area contributed by atoms with Gasteiger partial charge in [0.2, 0.25) is 17.7 Å². The van der Waals surface area contributed by atoms with E-state index in [-0.39, 0.29) is 12.3 Å². The molecule has 2 unspecified atom stereocenters. The number of benzene rings is 3. The highest BCUT2D eigenvalue weighted by atomic mass is 16.6. The van der Waals surface area contributed by atoms with Gasteiger partial charge in [0.15, 0.2) is 5.82 Å². The summed E-state index contributed by atoms with van der Waals surface area (Å²) in [6.07, 6.45) is 2.90. The second-order valence-corrected chi connectivity index (χ2v) is 12.6. The van der Waals surface area contributed by atoms with Gasteiger partial charge in [-0.3, -0.25) is 9.59 Å². The van der Waals surface area contributed by atoms with E-state index in [1.807, 2.05) is 72.8 Å². The zero-order chi connectivity index (χ0) is 32.6. The Bertz CT molecular complexity index is 1660. The van der Waals surface area contributed by atoms with Gasteiger partial charge in [0.1, 0.15) is 17.7 Å². The highest BCUT2D eigenvalue weighted by Gasteiger charge is 2.28. The molecule has 236 valence electrons. The fourth-order valence-corrected chi connectivity index (χ4v) is 4.70. The highest BCUT2D eigenvalue weighted by molar-refractivity contribution is 5.93. The third-order valence-electron chi connectivity index (χ3n) is 6.80. The third-order valence-corrected chi connectivity index (χ3v) is 6.80. The number of fused-ring (bicyclic) bond motifs is 1. The lowest BCUT2D eigenvalue weighted by molar-refractivity contribution is -0.127. The van der Waals surface area contributed by atoms with Crippen LogP contribution in [0.1, 0.15) is 63.5 Å². The van der Waals surface area contributed by atoms with Crippen LogP contribution in [-0.2, 0) is 27.2 Å². The highest BCUT2D eigenvalue weighted by Crippen LogP contribution is 2.20. The van der Waals surface area contributed by atoms with Gasteiger partial charge in [0.25, 0.3) is 0 Å². The second kappa shape index (κ2) is 14.2. The van der Waals surface area contributed by atoms with Crippen molar-refractivity contribution in [2.24, 2.45) is 0 Å². The number of aryl methyl sites for hydroxylation is 1. The lowest BCUT2D eigenvalue weighted by atomic mass is 10.00. The SMILES string of the molecule is Cc1noc(C(Cc2ccccc2)NC(=O)C(Cc2ccc3ccccc3c2)NC(=O)/C=C/C(C)(C)NC(=O)OC(C)(C)C)n1. The summed E-state index contributed by atoms with van der Waals surface area (Å²) in [5, 5.41) is 14.6. The Morgan fingerprint density at radius 3 is 2.22 bits per heavy atom. The van der Waals surface area contributed by atoms with Crippen LogP contribution in [0.2, 0.25) is 0 Å². The van der Waals surface area contributed by atoms with Gasteiger partial charge in [-0.2, -0.15) is 4.98 Å². The molecule has 0 fully saturated rings. The number of hydrogen-bond donors (Lipinski definition) is 3. The smallest absolute Gasteiger partial charge is 0.408 e. The van der Waals surface area contributed by atoms with Crippen molar-refractivity contribution in [3.05, 3.63) is 108 Å². The van der Waals surface area contributed by atoms with Gasteiger partial charge >= 0.3 is 6.09 Å². The molecule has 0 radical (unpaired) electrons. The Labute approximate surface area is 263 Å². The Balaban J connectivity index is 1.55. The quantitative estimate of drug-likeness (QED) is 0.190. The molecule has 10 heteroatoms. The van der Waals surface area contributed by atoms with Crippen molar-refractivity contribution in [3.8, 4) is 0 Å². The molecule has 0 saturated heterocycles. The van der Waals surface area contributed by atoms with Gasteiger partial charge < -0.3 is 25.2 Å². The maximum Gasteiger partial charge on any atom is 0.408 e. The molecular weight excluding hydrogens is 570 g/mol. The predicted octanol–water partition coefficient (Wildman–Crippen LogP) is 5.52. The van der Waals surface area contributed by atoms with Crippen LogP contribution in [0.3, 0.4) is 0 Å². The molecule has 0 saturated carbocycles. The number of hydrogen-bond acceptors (Lipinski definition) is 7. The maximum absolute atomic E-state index is 13.9. The number of aromatic nitrogens is 2. The Morgan fingerprint density at radius 1 is 0.867 bits per heavy atom. The number of rotatable bonds is 11. The zero-order valence-corrected chi connectivity index (χ0v) is 26.6. The van der Waals surface area contributed by atoms with E-state index in [9.17, 15) is 14.4 Å². The number of nitrogens with one attached hydrogen (secondary N) is 3. The summed E-state index contributed by atoms with van der Waals surface area (Å²) in [6, 6.07) is 22.0.